The summed E-state index contributed by atoms with van der Waals surface area (Å²) in [7, 11) is 3.42. The second kappa shape index (κ2) is 11.2. The molecule has 3 heteroatoms. The lowest BCUT2D eigenvalue weighted by Crippen LogP contribution is -2.05. The topological polar surface area (TPSA) is 18.5 Å². The van der Waals surface area contributed by atoms with Gasteiger partial charge in [-0.15, -0.1) is 0 Å². The summed E-state index contributed by atoms with van der Waals surface area (Å²) in [5.74, 6) is 2.21. The van der Waals surface area contributed by atoms with Gasteiger partial charge in [0.25, 0.3) is 0 Å². The van der Waals surface area contributed by atoms with Crippen molar-refractivity contribution in [3.8, 4) is 22.6 Å². The van der Waals surface area contributed by atoms with Crippen molar-refractivity contribution in [2.45, 2.75) is 25.2 Å². The highest BCUT2D eigenvalue weighted by Crippen LogP contribution is 2.29. The molecular formula is C30H29BrO2. The Morgan fingerprint density at radius 3 is 1.64 bits per heavy atom. The van der Waals surface area contributed by atoms with Gasteiger partial charge in [0.05, 0.1) is 14.2 Å². The molecule has 0 heterocycles. The van der Waals surface area contributed by atoms with Crippen LogP contribution in [0.3, 0.4) is 0 Å². The molecule has 168 valence electrons. The molecule has 4 aromatic carbocycles. The van der Waals surface area contributed by atoms with Gasteiger partial charge in [-0.05, 0) is 89.4 Å². The Morgan fingerprint density at radius 2 is 1.09 bits per heavy atom. The fourth-order valence-electron chi connectivity index (χ4n) is 4.16. The molecule has 0 saturated carbocycles. The van der Waals surface area contributed by atoms with Crippen molar-refractivity contribution in [3.05, 3.63) is 118 Å². The van der Waals surface area contributed by atoms with Crippen LogP contribution in [0, 0.1) is 0 Å². The average Bonchev–Trinajstić information content (AvgIpc) is 2.88. The number of halogens is 1. The van der Waals surface area contributed by atoms with Crippen LogP contribution < -0.4 is 9.47 Å². The molecule has 2 nitrogen and oxygen atoms in total. The fourth-order valence-corrected chi connectivity index (χ4v) is 4.42. The summed E-state index contributed by atoms with van der Waals surface area (Å²) in [6.07, 6.45) is 3.11. The molecular weight excluding hydrogens is 472 g/mol. The van der Waals surface area contributed by atoms with Crippen molar-refractivity contribution in [2.24, 2.45) is 0 Å². The summed E-state index contributed by atoms with van der Waals surface area (Å²) in [4.78, 5) is 0. The van der Waals surface area contributed by atoms with Crippen molar-refractivity contribution in [1.82, 2.24) is 0 Å². The molecule has 4 aromatic rings. The largest absolute Gasteiger partial charge is 0.497 e. The Labute approximate surface area is 205 Å². The van der Waals surface area contributed by atoms with Crippen LogP contribution in [0.25, 0.3) is 11.1 Å². The summed E-state index contributed by atoms with van der Waals surface area (Å²) in [6, 6.07) is 34.4. The van der Waals surface area contributed by atoms with Crippen LogP contribution in [-0.4, -0.2) is 14.2 Å². The SMILES string of the molecule is COc1ccc(CC(CCc2ccc(-c3ccc(Br)cc3)cc2)c2ccc(OC)cc2)cc1. The van der Waals surface area contributed by atoms with E-state index in [1.807, 2.05) is 12.1 Å². The highest BCUT2D eigenvalue weighted by Gasteiger charge is 2.14. The van der Waals surface area contributed by atoms with Gasteiger partial charge in [-0.2, -0.15) is 0 Å². The first-order valence-electron chi connectivity index (χ1n) is 11.3. The van der Waals surface area contributed by atoms with Crippen molar-refractivity contribution < 1.29 is 9.47 Å². The van der Waals surface area contributed by atoms with Crippen LogP contribution in [0.2, 0.25) is 0 Å². The van der Waals surface area contributed by atoms with E-state index in [0.29, 0.717) is 5.92 Å². The first kappa shape index (κ1) is 23.1. The van der Waals surface area contributed by atoms with Crippen molar-refractivity contribution in [1.29, 1.82) is 0 Å². The van der Waals surface area contributed by atoms with Crippen LogP contribution in [0.1, 0.15) is 29.0 Å². The maximum Gasteiger partial charge on any atom is 0.118 e. The number of benzene rings is 4. The minimum Gasteiger partial charge on any atom is -0.497 e. The molecule has 0 aliphatic heterocycles. The van der Waals surface area contributed by atoms with Gasteiger partial charge in [0, 0.05) is 4.47 Å². The molecule has 0 N–H and O–H groups in total. The molecule has 0 aliphatic rings. The molecule has 0 bridgehead atoms. The molecule has 1 atom stereocenters. The van der Waals surface area contributed by atoms with E-state index in [2.05, 4.69) is 101 Å². The third-order valence-corrected chi connectivity index (χ3v) is 6.67. The van der Waals surface area contributed by atoms with Crippen molar-refractivity contribution in [2.75, 3.05) is 14.2 Å². The van der Waals surface area contributed by atoms with Crippen LogP contribution in [0.5, 0.6) is 11.5 Å². The van der Waals surface area contributed by atoms with E-state index < -0.39 is 0 Å². The van der Waals surface area contributed by atoms with Gasteiger partial charge in [-0.1, -0.05) is 76.6 Å². The molecule has 0 aliphatic carbocycles. The molecule has 4 rings (SSSR count). The highest BCUT2D eigenvalue weighted by molar-refractivity contribution is 9.10. The fraction of sp³-hybridized carbons (Fsp3) is 0.200. The second-order valence-corrected chi connectivity index (χ2v) is 9.18. The maximum atomic E-state index is 5.36. The average molecular weight is 501 g/mol. The van der Waals surface area contributed by atoms with Crippen molar-refractivity contribution in [3.63, 3.8) is 0 Å². The van der Waals surface area contributed by atoms with E-state index in [9.17, 15) is 0 Å². The summed E-state index contributed by atoms with van der Waals surface area (Å²) in [5.41, 5.74) is 6.51. The van der Waals surface area contributed by atoms with Crippen LogP contribution in [0.15, 0.2) is 102 Å². The van der Waals surface area contributed by atoms with E-state index in [1.54, 1.807) is 14.2 Å². The first-order valence-corrected chi connectivity index (χ1v) is 12.1. The Hall–Kier alpha value is -3.04. The third-order valence-electron chi connectivity index (χ3n) is 6.14. The van der Waals surface area contributed by atoms with Gasteiger partial charge >= 0.3 is 0 Å². The standard InChI is InChI=1S/C30H29BrO2/c1-32-29-17-6-23(7-18-29)21-27(26-13-19-30(33-2)20-14-26)10-5-22-3-8-24(9-4-22)25-11-15-28(31)16-12-25/h3-4,6-9,11-20,27H,5,10,21H2,1-2H3. The van der Waals surface area contributed by atoms with E-state index in [1.165, 1.54) is 27.8 Å². The van der Waals surface area contributed by atoms with Crippen molar-refractivity contribution >= 4 is 15.9 Å². The minimum absolute atomic E-state index is 0.426. The first-order chi connectivity index (χ1) is 16.1. The monoisotopic (exact) mass is 500 g/mol. The van der Waals surface area contributed by atoms with Crippen LogP contribution in [-0.2, 0) is 12.8 Å². The maximum absolute atomic E-state index is 5.36. The van der Waals surface area contributed by atoms with Gasteiger partial charge in [0.15, 0.2) is 0 Å². The summed E-state index contributed by atoms with van der Waals surface area (Å²) in [6.45, 7) is 0. The van der Waals surface area contributed by atoms with E-state index in [-0.39, 0.29) is 0 Å². The smallest absolute Gasteiger partial charge is 0.118 e. The van der Waals surface area contributed by atoms with Crippen LogP contribution >= 0.6 is 15.9 Å². The zero-order valence-corrected chi connectivity index (χ0v) is 20.7. The molecule has 0 spiro atoms. The van der Waals surface area contributed by atoms with Gasteiger partial charge in [0.1, 0.15) is 11.5 Å². The normalized spacial score (nSPS) is 11.7. The third kappa shape index (κ3) is 6.27. The van der Waals surface area contributed by atoms with E-state index >= 15 is 0 Å². The van der Waals surface area contributed by atoms with Gasteiger partial charge in [-0.25, -0.2) is 0 Å². The minimum atomic E-state index is 0.426. The summed E-state index contributed by atoms with van der Waals surface area (Å²) < 4.78 is 11.8. The van der Waals surface area contributed by atoms with E-state index in [4.69, 9.17) is 9.47 Å². The predicted molar refractivity (Wildman–Crippen MR) is 140 cm³/mol. The number of hydrogen-bond acceptors (Lipinski definition) is 2. The number of aryl methyl sites for hydroxylation is 1. The Kier molecular flexibility index (Phi) is 7.85. The quantitative estimate of drug-likeness (QED) is 0.231. The van der Waals surface area contributed by atoms with Gasteiger partial charge in [-0.3, -0.25) is 0 Å². The number of rotatable bonds is 9. The molecule has 0 fully saturated rings. The molecule has 0 saturated heterocycles. The van der Waals surface area contributed by atoms with Gasteiger partial charge < -0.3 is 9.47 Å². The Bertz CT molecular complexity index is 1130. The highest BCUT2D eigenvalue weighted by atomic mass is 79.9. The molecule has 0 amide bonds. The summed E-state index contributed by atoms with van der Waals surface area (Å²) >= 11 is 3.51. The lowest BCUT2D eigenvalue weighted by Gasteiger charge is -2.19. The number of ether oxygens (including phenoxy) is 2. The predicted octanol–water partition coefficient (Wildman–Crippen LogP) is 8.09. The lowest BCUT2D eigenvalue weighted by atomic mass is 9.87. The van der Waals surface area contributed by atoms with Crippen LogP contribution in [0.4, 0.5) is 0 Å². The number of hydrogen-bond donors (Lipinski definition) is 0. The molecule has 33 heavy (non-hydrogen) atoms. The van der Waals surface area contributed by atoms with E-state index in [0.717, 1.165) is 35.2 Å². The zero-order valence-electron chi connectivity index (χ0n) is 19.1. The zero-order chi connectivity index (χ0) is 23.0. The Morgan fingerprint density at radius 1 is 0.606 bits per heavy atom. The Balaban J connectivity index is 1.48. The van der Waals surface area contributed by atoms with Gasteiger partial charge in [0.2, 0.25) is 0 Å². The molecule has 0 radical (unpaired) electrons. The number of methoxy groups -OCH3 is 2. The second-order valence-electron chi connectivity index (χ2n) is 8.26. The summed E-state index contributed by atoms with van der Waals surface area (Å²) in [5, 5.41) is 0. The molecule has 1 unspecified atom stereocenters. The lowest BCUT2D eigenvalue weighted by molar-refractivity contribution is 0.414. The molecule has 0 aromatic heterocycles.